The van der Waals surface area contributed by atoms with Gasteiger partial charge in [0.2, 0.25) is 0 Å². The van der Waals surface area contributed by atoms with Gasteiger partial charge in [0.25, 0.3) is 0 Å². The van der Waals surface area contributed by atoms with Gasteiger partial charge in [0.15, 0.2) is 5.79 Å². The first-order chi connectivity index (χ1) is 10.2. The Hall–Kier alpha value is -1.10. The van der Waals surface area contributed by atoms with Crippen LogP contribution in [0.5, 0.6) is 5.75 Å². The number of hydrogen-bond acceptors (Lipinski definition) is 4. The van der Waals surface area contributed by atoms with Gasteiger partial charge in [0.1, 0.15) is 5.75 Å². The lowest BCUT2D eigenvalue weighted by atomic mass is 9.89. The molecule has 4 nitrogen and oxygen atoms in total. The Kier molecular flexibility index (Phi) is 4.48. The Labute approximate surface area is 126 Å². The minimum atomic E-state index is -0.262. The third kappa shape index (κ3) is 3.39. The van der Waals surface area contributed by atoms with Gasteiger partial charge in [-0.15, -0.1) is 0 Å². The lowest BCUT2D eigenvalue weighted by Gasteiger charge is -2.36. The van der Waals surface area contributed by atoms with E-state index in [1.165, 1.54) is 5.56 Å². The number of benzene rings is 1. The molecule has 0 bridgehead atoms. The second-order valence-electron chi connectivity index (χ2n) is 6.04. The van der Waals surface area contributed by atoms with E-state index in [2.05, 4.69) is 24.4 Å². The van der Waals surface area contributed by atoms with Crippen molar-refractivity contribution in [2.24, 2.45) is 0 Å². The molecule has 1 spiro atoms. The van der Waals surface area contributed by atoms with Crippen molar-refractivity contribution < 1.29 is 14.2 Å². The Bertz CT molecular complexity index is 444. The second kappa shape index (κ2) is 6.34. The molecule has 0 radical (unpaired) electrons. The van der Waals surface area contributed by atoms with E-state index in [4.69, 9.17) is 14.2 Å². The molecule has 0 aromatic heterocycles. The topological polar surface area (TPSA) is 39.7 Å². The summed E-state index contributed by atoms with van der Waals surface area (Å²) in [7, 11) is 1.70. The van der Waals surface area contributed by atoms with E-state index in [9.17, 15) is 0 Å². The van der Waals surface area contributed by atoms with Gasteiger partial charge in [-0.2, -0.15) is 0 Å². The van der Waals surface area contributed by atoms with Gasteiger partial charge >= 0.3 is 0 Å². The molecule has 21 heavy (non-hydrogen) atoms. The Morgan fingerprint density at radius 1 is 1.14 bits per heavy atom. The van der Waals surface area contributed by atoms with E-state index >= 15 is 0 Å². The molecule has 1 saturated carbocycles. The minimum Gasteiger partial charge on any atom is -0.497 e. The van der Waals surface area contributed by atoms with Crippen LogP contribution in [0.25, 0.3) is 0 Å². The van der Waals surface area contributed by atoms with Crippen molar-refractivity contribution in [3.05, 3.63) is 29.8 Å². The van der Waals surface area contributed by atoms with E-state index in [0.29, 0.717) is 12.1 Å². The van der Waals surface area contributed by atoms with Crippen molar-refractivity contribution in [3.63, 3.8) is 0 Å². The molecule has 116 valence electrons. The third-order valence-electron chi connectivity index (χ3n) is 4.66. The number of nitrogens with one attached hydrogen (secondary N) is 1. The molecule has 1 aliphatic heterocycles. The molecule has 0 unspecified atom stereocenters. The van der Waals surface area contributed by atoms with E-state index in [1.807, 2.05) is 12.1 Å². The molecule has 0 amide bonds. The average molecular weight is 291 g/mol. The van der Waals surface area contributed by atoms with Gasteiger partial charge < -0.3 is 19.5 Å². The van der Waals surface area contributed by atoms with Crippen LogP contribution in [-0.4, -0.2) is 32.2 Å². The lowest BCUT2D eigenvalue weighted by Crippen LogP contribution is -2.42. The molecule has 2 aliphatic rings. The minimum absolute atomic E-state index is 0.262. The van der Waals surface area contributed by atoms with Crippen molar-refractivity contribution in [2.45, 2.75) is 50.5 Å². The van der Waals surface area contributed by atoms with Crippen LogP contribution in [0.3, 0.4) is 0 Å². The van der Waals surface area contributed by atoms with E-state index < -0.39 is 0 Å². The molecule has 1 aromatic carbocycles. The quantitative estimate of drug-likeness (QED) is 0.925. The van der Waals surface area contributed by atoms with Crippen molar-refractivity contribution in [1.29, 1.82) is 0 Å². The summed E-state index contributed by atoms with van der Waals surface area (Å²) in [5.74, 6) is 0.641. The maximum Gasteiger partial charge on any atom is 0.168 e. The van der Waals surface area contributed by atoms with E-state index in [-0.39, 0.29) is 5.79 Å². The molecule has 1 atom stereocenters. The van der Waals surface area contributed by atoms with Crippen molar-refractivity contribution in [1.82, 2.24) is 5.32 Å². The third-order valence-corrected chi connectivity index (χ3v) is 4.66. The summed E-state index contributed by atoms with van der Waals surface area (Å²) < 4.78 is 16.8. The predicted molar refractivity (Wildman–Crippen MR) is 81.4 cm³/mol. The number of methoxy groups -OCH3 is 1. The number of rotatable bonds is 4. The Balaban J connectivity index is 1.52. The maximum absolute atomic E-state index is 5.78. The van der Waals surface area contributed by atoms with Crippen LogP contribution >= 0.6 is 0 Å². The van der Waals surface area contributed by atoms with Crippen LogP contribution in [0, 0.1) is 0 Å². The maximum atomic E-state index is 5.78. The van der Waals surface area contributed by atoms with Crippen LogP contribution in [0.15, 0.2) is 24.3 Å². The summed E-state index contributed by atoms with van der Waals surface area (Å²) in [6.07, 6.45) is 4.22. The molecule has 1 saturated heterocycles. The first-order valence-corrected chi connectivity index (χ1v) is 7.89. The van der Waals surface area contributed by atoms with Gasteiger partial charge in [-0.25, -0.2) is 0 Å². The highest BCUT2D eigenvalue weighted by atomic mass is 16.7. The standard InChI is InChI=1S/C17H25NO3/c1-13(14-3-5-16(19-2)6-4-14)18-15-7-9-17(10-8-15)20-11-12-21-17/h3-6,13,15,18H,7-12H2,1-2H3/t13-/m0/s1. The van der Waals surface area contributed by atoms with Gasteiger partial charge in [-0.05, 0) is 37.5 Å². The van der Waals surface area contributed by atoms with Gasteiger partial charge in [-0.3, -0.25) is 0 Å². The molecule has 1 heterocycles. The molecular weight excluding hydrogens is 266 g/mol. The van der Waals surface area contributed by atoms with Crippen LogP contribution in [0.4, 0.5) is 0 Å². The summed E-state index contributed by atoms with van der Waals surface area (Å²) in [6, 6.07) is 9.18. The van der Waals surface area contributed by atoms with Crippen LogP contribution in [0.2, 0.25) is 0 Å². The molecule has 1 N–H and O–H groups in total. The first-order valence-electron chi connectivity index (χ1n) is 7.89. The van der Waals surface area contributed by atoms with Crippen LogP contribution in [0.1, 0.15) is 44.2 Å². The summed E-state index contributed by atoms with van der Waals surface area (Å²) in [6.45, 7) is 3.72. The fraction of sp³-hybridized carbons (Fsp3) is 0.647. The predicted octanol–water partition coefficient (Wildman–Crippen LogP) is 3.03. The summed E-state index contributed by atoms with van der Waals surface area (Å²) in [5, 5.41) is 3.73. The van der Waals surface area contributed by atoms with E-state index in [0.717, 1.165) is 44.6 Å². The monoisotopic (exact) mass is 291 g/mol. The van der Waals surface area contributed by atoms with Gasteiger partial charge in [0, 0.05) is 24.9 Å². The SMILES string of the molecule is COc1ccc([C@H](C)NC2CCC3(CC2)OCCO3)cc1. The van der Waals surface area contributed by atoms with Crippen molar-refractivity contribution >= 4 is 0 Å². The molecular formula is C17H25NO3. The van der Waals surface area contributed by atoms with Crippen molar-refractivity contribution in [3.8, 4) is 5.75 Å². The summed E-state index contributed by atoms with van der Waals surface area (Å²) in [5.41, 5.74) is 1.30. The Morgan fingerprint density at radius 2 is 1.76 bits per heavy atom. The highest BCUT2D eigenvalue weighted by Crippen LogP contribution is 2.36. The number of hydrogen-bond donors (Lipinski definition) is 1. The number of ether oxygens (including phenoxy) is 3. The second-order valence-corrected chi connectivity index (χ2v) is 6.04. The zero-order chi connectivity index (χ0) is 14.7. The molecule has 3 rings (SSSR count). The zero-order valence-corrected chi connectivity index (χ0v) is 12.9. The highest BCUT2D eigenvalue weighted by molar-refractivity contribution is 5.28. The van der Waals surface area contributed by atoms with Crippen LogP contribution < -0.4 is 10.1 Å². The first kappa shape index (κ1) is 14.8. The largest absolute Gasteiger partial charge is 0.497 e. The average Bonchev–Trinajstić information content (AvgIpc) is 2.98. The fourth-order valence-electron chi connectivity index (χ4n) is 3.35. The highest BCUT2D eigenvalue weighted by Gasteiger charge is 2.40. The molecule has 4 heteroatoms. The molecule has 1 aliphatic carbocycles. The Morgan fingerprint density at radius 3 is 2.33 bits per heavy atom. The van der Waals surface area contributed by atoms with Gasteiger partial charge in [0.05, 0.1) is 20.3 Å². The van der Waals surface area contributed by atoms with E-state index in [1.54, 1.807) is 7.11 Å². The molecule has 1 aromatic rings. The normalized spacial score (nSPS) is 23.3. The zero-order valence-electron chi connectivity index (χ0n) is 12.9. The van der Waals surface area contributed by atoms with Gasteiger partial charge in [-0.1, -0.05) is 12.1 Å². The molecule has 2 fully saturated rings. The fourth-order valence-corrected chi connectivity index (χ4v) is 3.35. The van der Waals surface area contributed by atoms with Crippen LogP contribution in [-0.2, 0) is 9.47 Å². The smallest absolute Gasteiger partial charge is 0.168 e. The lowest BCUT2D eigenvalue weighted by molar-refractivity contribution is -0.179. The van der Waals surface area contributed by atoms with Crippen molar-refractivity contribution in [2.75, 3.05) is 20.3 Å². The summed E-state index contributed by atoms with van der Waals surface area (Å²) >= 11 is 0. The summed E-state index contributed by atoms with van der Waals surface area (Å²) in [4.78, 5) is 0.